The van der Waals surface area contributed by atoms with Gasteiger partial charge in [-0.25, -0.2) is 0 Å². The topological polar surface area (TPSA) is 29.1 Å². The van der Waals surface area contributed by atoms with Crippen LogP contribution in [0.15, 0.2) is 42.5 Å². The fourth-order valence-corrected chi connectivity index (χ4v) is 1.84. The van der Waals surface area contributed by atoms with Gasteiger partial charge in [0.25, 0.3) is 0 Å². The summed E-state index contributed by atoms with van der Waals surface area (Å²) >= 11 is 0. The quantitative estimate of drug-likeness (QED) is 0.789. The van der Waals surface area contributed by atoms with Gasteiger partial charge in [-0.3, -0.25) is 0 Å². The zero-order chi connectivity index (χ0) is 11.4. The number of fused-ring (bicyclic) bond motifs is 1. The first-order chi connectivity index (χ1) is 7.83. The molecule has 0 bridgehead atoms. The summed E-state index contributed by atoms with van der Waals surface area (Å²) in [6.45, 7) is 0. The molecule has 0 spiro atoms. The maximum Gasteiger partial charge on any atom is 0.137 e. The van der Waals surface area contributed by atoms with Crippen LogP contribution in [0, 0.1) is 0 Å². The van der Waals surface area contributed by atoms with Gasteiger partial charge in [0.1, 0.15) is 6.29 Å². The zero-order valence-electron chi connectivity index (χ0n) is 9.31. The molecule has 0 heterocycles. The molecule has 0 aromatic heterocycles. The molecule has 0 aliphatic rings. The van der Waals surface area contributed by atoms with Gasteiger partial charge in [0.15, 0.2) is 0 Å². The first-order valence-corrected chi connectivity index (χ1v) is 5.43. The van der Waals surface area contributed by atoms with Gasteiger partial charge in [-0.15, -0.1) is 0 Å². The van der Waals surface area contributed by atoms with Crippen LogP contribution in [0.4, 0.5) is 0 Å². The molecule has 0 aliphatic carbocycles. The van der Waals surface area contributed by atoms with Crippen LogP contribution in [0.2, 0.25) is 0 Å². The van der Waals surface area contributed by atoms with Crippen molar-refractivity contribution < 1.29 is 4.79 Å². The van der Waals surface area contributed by atoms with Crippen molar-refractivity contribution in [3.8, 4) is 0 Å². The third kappa shape index (κ3) is 2.28. The van der Waals surface area contributed by atoms with Crippen LogP contribution in [0.1, 0.15) is 5.56 Å². The van der Waals surface area contributed by atoms with Crippen LogP contribution < -0.4 is 5.32 Å². The van der Waals surface area contributed by atoms with Gasteiger partial charge in [-0.2, -0.15) is 0 Å². The van der Waals surface area contributed by atoms with Gasteiger partial charge in [-0.05, 0) is 29.8 Å². The molecule has 2 heteroatoms. The second-order valence-corrected chi connectivity index (χ2v) is 3.92. The van der Waals surface area contributed by atoms with Crippen LogP contribution in [0.3, 0.4) is 0 Å². The summed E-state index contributed by atoms with van der Waals surface area (Å²) in [5.41, 5.74) is 1.19. The normalized spacial score (nSPS) is 12.6. The van der Waals surface area contributed by atoms with E-state index in [1.54, 1.807) is 7.05 Å². The maximum absolute atomic E-state index is 10.7. The Labute approximate surface area is 95.3 Å². The molecule has 2 nitrogen and oxygen atoms in total. The van der Waals surface area contributed by atoms with E-state index in [4.69, 9.17) is 0 Å². The van der Waals surface area contributed by atoms with E-state index < -0.39 is 0 Å². The first kappa shape index (κ1) is 10.8. The van der Waals surface area contributed by atoms with Crippen molar-refractivity contribution in [3.05, 3.63) is 48.0 Å². The van der Waals surface area contributed by atoms with Crippen molar-refractivity contribution in [1.82, 2.24) is 5.32 Å². The summed E-state index contributed by atoms with van der Waals surface area (Å²) in [6.07, 6.45) is 1.69. The van der Waals surface area contributed by atoms with E-state index in [9.17, 15) is 4.79 Å². The molecule has 0 unspecified atom stereocenters. The summed E-state index contributed by atoms with van der Waals surface area (Å²) in [5.74, 6) is 0. The third-order valence-electron chi connectivity index (χ3n) is 2.80. The van der Waals surface area contributed by atoms with Gasteiger partial charge in [0.2, 0.25) is 0 Å². The fraction of sp³-hybridized carbons (Fsp3) is 0.214. The predicted octanol–water partition coefficient (Wildman–Crippen LogP) is 2.17. The minimum Gasteiger partial charge on any atom is -0.311 e. The SMILES string of the molecule is CN[C@@H](C=O)Cc1ccc2ccccc2c1. The summed E-state index contributed by atoms with van der Waals surface area (Å²) < 4.78 is 0. The van der Waals surface area contributed by atoms with Crippen molar-refractivity contribution in [3.63, 3.8) is 0 Å². The van der Waals surface area contributed by atoms with Gasteiger partial charge < -0.3 is 10.1 Å². The molecule has 2 aromatic rings. The number of likely N-dealkylation sites (N-methyl/N-ethyl adjacent to an activating group) is 1. The van der Waals surface area contributed by atoms with Crippen molar-refractivity contribution >= 4 is 17.1 Å². The molecule has 0 saturated carbocycles. The molecule has 2 aromatic carbocycles. The highest BCUT2D eigenvalue weighted by atomic mass is 16.1. The summed E-state index contributed by atoms with van der Waals surface area (Å²) in [6, 6.07) is 14.5. The lowest BCUT2D eigenvalue weighted by molar-refractivity contribution is -0.109. The van der Waals surface area contributed by atoms with E-state index in [0.717, 1.165) is 12.7 Å². The number of rotatable bonds is 4. The van der Waals surface area contributed by atoms with E-state index in [-0.39, 0.29) is 6.04 Å². The van der Waals surface area contributed by atoms with Crippen molar-refractivity contribution in [2.24, 2.45) is 0 Å². The summed E-state index contributed by atoms with van der Waals surface area (Å²) in [7, 11) is 1.81. The first-order valence-electron chi connectivity index (χ1n) is 5.43. The molecule has 1 atom stereocenters. The molecular formula is C14H15NO. The zero-order valence-corrected chi connectivity index (χ0v) is 9.31. The lowest BCUT2D eigenvalue weighted by Crippen LogP contribution is -2.28. The molecule has 0 aliphatic heterocycles. The molecule has 16 heavy (non-hydrogen) atoms. The standard InChI is InChI=1S/C14H15NO/c1-15-14(10-16)9-11-6-7-12-4-2-3-5-13(12)8-11/h2-8,10,14-15H,9H2,1H3/t14-/m1/s1. The average molecular weight is 213 g/mol. The van der Waals surface area contributed by atoms with E-state index in [0.29, 0.717) is 0 Å². The van der Waals surface area contributed by atoms with Crippen LogP contribution in [0.25, 0.3) is 10.8 Å². The number of hydrogen-bond acceptors (Lipinski definition) is 2. The van der Waals surface area contributed by atoms with E-state index in [2.05, 4.69) is 35.6 Å². The van der Waals surface area contributed by atoms with E-state index >= 15 is 0 Å². The molecule has 1 N–H and O–H groups in total. The predicted molar refractivity (Wildman–Crippen MR) is 66.6 cm³/mol. The Bertz CT molecular complexity index is 493. The highest BCUT2D eigenvalue weighted by Crippen LogP contribution is 2.16. The van der Waals surface area contributed by atoms with Gasteiger partial charge >= 0.3 is 0 Å². The highest BCUT2D eigenvalue weighted by molar-refractivity contribution is 5.83. The smallest absolute Gasteiger partial charge is 0.137 e. The van der Waals surface area contributed by atoms with Crippen LogP contribution in [0.5, 0.6) is 0 Å². The van der Waals surface area contributed by atoms with E-state index in [1.165, 1.54) is 16.3 Å². The number of aldehydes is 1. The van der Waals surface area contributed by atoms with Crippen LogP contribution in [-0.4, -0.2) is 19.4 Å². The van der Waals surface area contributed by atoms with Gasteiger partial charge in [0.05, 0.1) is 6.04 Å². The number of hydrogen-bond donors (Lipinski definition) is 1. The monoisotopic (exact) mass is 213 g/mol. The van der Waals surface area contributed by atoms with Crippen LogP contribution in [-0.2, 0) is 11.2 Å². The Morgan fingerprint density at radius 3 is 2.62 bits per heavy atom. The number of carbonyl (C=O) groups is 1. The fourth-order valence-electron chi connectivity index (χ4n) is 1.84. The van der Waals surface area contributed by atoms with Crippen LogP contribution >= 0.6 is 0 Å². The molecule has 0 radical (unpaired) electrons. The summed E-state index contributed by atoms with van der Waals surface area (Å²) in [4.78, 5) is 10.7. The Balaban J connectivity index is 2.28. The lowest BCUT2D eigenvalue weighted by atomic mass is 10.0. The Morgan fingerprint density at radius 2 is 1.94 bits per heavy atom. The summed E-state index contributed by atoms with van der Waals surface area (Å²) in [5, 5.41) is 5.44. The molecular weight excluding hydrogens is 198 g/mol. The average Bonchev–Trinajstić information content (AvgIpc) is 2.35. The minimum atomic E-state index is -0.0961. The van der Waals surface area contributed by atoms with Crippen molar-refractivity contribution in [1.29, 1.82) is 0 Å². The number of nitrogens with one attached hydrogen (secondary N) is 1. The number of carbonyl (C=O) groups excluding carboxylic acids is 1. The molecule has 2 rings (SSSR count). The second-order valence-electron chi connectivity index (χ2n) is 3.92. The number of benzene rings is 2. The molecule has 0 fully saturated rings. The Hall–Kier alpha value is -1.67. The third-order valence-corrected chi connectivity index (χ3v) is 2.80. The maximum atomic E-state index is 10.7. The molecule has 0 amide bonds. The molecule has 82 valence electrons. The minimum absolute atomic E-state index is 0.0961. The van der Waals surface area contributed by atoms with Gasteiger partial charge in [0, 0.05) is 0 Å². The Morgan fingerprint density at radius 1 is 1.19 bits per heavy atom. The van der Waals surface area contributed by atoms with E-state index in [1.807, 2.05) is 12.1 Å². The lowest BCUT2D eigenvalue weighted by Gasteiger charge is -2.09. The Kier molecular flexibility index (Phi) is 3.32. The highest BCUT2D eigenvalue weighted by Gasteiger charge is 2.05. The second kappa shape index (κ2) is 4.90. The largest absolute Gasteiger partial charge is 0.311 e. The van der Waals surface area contributed by atoms with Crippen molar-refractivity contribution in [2.45, 2.75) is 12.5 Å². The van der Waals surface area contributed by atoms with Gasteiger partial charge in [-0.1, -0.05) is 42.5 Å². The molecule has 0 saturated heterocycles. The van der Waals surface area contributed by atoms with Crippen molar-refractivity contribution in [2.75, 3.05) is 7.05 Å².